The fraction of sp³-hybridized carbons (Fsp3) is 0.278. The summed E-state index contributed by atoms with van der Waals surface area (Å²) in [5, 5.41) is 7.79. The second-order valence-corrected chi connectivity index (χ2v) is 7.59. The summed E-state index contributed by atoms with van der Waals surface area (Å²) in [5.74, 6) is 0.991. The van der Waals surface area contributed by atoms with Crippen LogP contribution in [0.4, 0.5) is 13.2 Å². The molecule has 0 saturated heterocycles. The molecule has 1 aromatic carbocycles. The first-order valence-electron chi connectivity index (χ1n) is 8.51. The van der Waals surface area contributed by atoms with E-state index in [9.17, 15) is 13.2 Å². The lowest BCUT2D eigenvalue weighted by molar-refractivity contribution is -0.141. The summed E-state index contributed by atoms with van der Waals surface area (Å²) in [4.78, 5) is 8.54. The Bertz CT molecular complexity index is 1170. The van der Waals surface area contributed by atoms with Crippen LogP contribution >= 0.6 is 15.9 Å². The van der Waals surface area contributed by atoms with Gasteiger partial charge in [0.15, 0.2) is 5.65 Å². The first-order valence-corrected chi connectivity index (χ1v) is 9.31. The lowest BCUT2D eigenvalue weighted by atomic mass is 9.85. The molecule has 0 radical (unpaired) electrons. The highest BCUT2D eigenvalue weighted by atomic mass is 79.9. The topological polar surface area (TPSA) is 59.4 Å². The molecular weight excluding hydrogens is 423 g/mol. The number of fused-ring (bicyclic) bond motifs is 2. The van der Waals surface area contributed by atoms with Gasteiger partial charge in [0.2, 0.25) is 0 Å². The number of benzene rings is 1. The molecule has 0 aliphatic heterocycles. The Balaban J connectivity index is 1.81. The Hall–Kier alpha value is -2.42. The minimum absolute atomic E-state index is 0.224. The van der Waals surface area contributed by atoms with Gasteiger partial charge in [-0.05, 0) is 53.0 Å². The van der Waals surface area contributed by atoms with Crippen LogP contribution in [0.3, 0.4) is 0 Å². The summed E-state index contributed by atoms with van der Waals surface area (Å²) in [6.07, 6.45) is 0.226. The monoisotopic (exact) mass is 435 g/mol. The molecule has 1 aliphatic rings. The van der Waals surface area contributed by atoms with Crippen molar-refractivity contribution < 1.29 is 13.2 Å². The second kappa shape index (κ2) is 5.79. The fourth-order valence-electron chi connectivity index (χ4n) is 3.46. The number of aromatic amines is 1. The SMILES string of the molecule is FC(F)(F)c1ccc2nc(C3CCC3)n(-c3cc(Br)c4[nH]ncc4c3)c2n1. The van der Waals surface area contributed by atoms with Crippen molar-refractivity contribution >= 4 is 38.0 Å². The molecule has 5 rings (SSSR count). The van der Waals surface area contributed by atoms with Gasteiger partial charge < -0.3 is 0 Å². The van der Waals surface area contributed by atoms with Gasteiger partial charge in [-0.1, -0.05) is 6.42 Å². The van der Waals surface area contributed by atoms with Crippen LogP contribution < -0.4 is 0 Å². The zero-order chi connectivity index (χ0) is 18.8. The van der Waals surface area contributed by atoms with E-state index in [-0.39, 0.29) is 11.6 Å². The van der Waals surface area contributed by atoms with Crippen LogP contribution in [0, 0.1) is 0 Å². The zero-order valence-corrected chi connectivity index (χ0v) is 15.5. The number of nitrogens with one attached hydrogen (secondary N) is 1. The largest absolute Gasteiger partial charge is 0.433 e. The van der Waals surface area contributed by atoms with Crippen molar-refractivity contribution in [1.29, 1.82) is 0 Å². The molecule has 4 aromatic rings. The molecule has 3 heterocycles. The maximum atomic E-state index is 13.2. The van der Waals surface area contributed by atoms with E-state index in [0.29, 0.717) is 11.2 Å². The third-order valence-electron chi connectivity index (χ3n) is 5.03. The molecule has 0 bridgehead atoms. The molecule has 0 spiro atoms. The molecule has 1 fully saturated rings. The van der Waals surface area contributed by atoms with Crippen LogP contribution in [0.1, 0.15) is 36.7 Å². The van der Waals surface area contributed by atoms with Crippen LogP contribution in [0.2, 0.25) is 0 Å². The highest BCUT2D eigenvalue weighted by Crippen LogP contribution is 2.40. The van der Waals surface area contributed by atoms with Gasteiger partial charge in [-0.15, -0.1) is 0 Å². The number of hydrogen-bond acceptors (Lipinski definition) is 3. The maximum Gasteiger partial charge on any atom is 0.433 e. The van der Waals surface area contributed by atoms with Gasteiger partial charge in [-0.25, -0.2) is 9.97 Å². The summed E-state index contributed by atoms with van der Waals surface area (Å²) in [7, 11) is 0. The molecule has 27 heavy (non-hydrogen) atoms. The lowest BCUT2D eigenvalue weighted by Crippen LogP contribution is -2.15. The fourth-order valence-corrected chi connectivity index (χ4v) is 4.01. The van der Waals surface area contributed by atoms with E-state index in [1.807, 2.05) is 12.1 Å². The van der Waals surface area contributed by atoms with Gasteiger partial charge in [0, 0.05) is 15.8 Å². The number of imidazole rings is 1. The van der Waals surface area contributed by atoms with E-state index in [1.165, 1.54) is 6.07 Å². The molecule has 138 valence electrons. The van der Waals surface area contributed by atoms with Crippen LogP contribution in [0.25, 0.3) is 27.8 Å². The van der Waals surface area contributed by atoms with Crippen molar-refractivity contribution in [3.05, 3.63) is 46.5 Å². The molecule has 3 aromatic heterocycles. The van der Waals surface area contributed by atoms with Crippen molar-refractivity contribution in [3.8, 4) is 5.69 Å². The molecule has 0 amide bonds. The number of pyridine rings is 1. The van der Waals surface area contributed by atoms with Gasteiger partial charge in [0.05, 0.1) is 17.4 Å². The maximum absolute atomic E-state index is 13.2. The smallest absolute Gasteiger partial charge is 0.280 e. The quantitative estimate of drug-likeness (QED) is 0.461. The molecule has 9 heteroatoms. The van der Waals surface area contributed by atoms with Crippen molar-refractivity contribution in [2.75, 3.05) is 0 Å². The average Bonchev–Trinajstić information content (AvgIpc) is 3.15. The van der Waals surface area contributed by atoms with E-state index in [2.05, 4.69) is 36.1 Å². The number of alkyl halides is 3. The van der Waals surface area contributed by atoms with Crippen molar-refractivity contribution in [2.24, 2.45) is 0 Å². The Labute approximate surface area is 159 Å². The number of nitrogens with zero attached hydrogens (tertiary/aromatic N) is 4. The van der Waals surface area contributed by atoms with Crippen molar-refractivity contribution in [2.45, 2.75) is 31.4 Å². The van der Waals surface area contributed by atoms with Gasteiger partial charge in [-0.3, -0.25) is 9.67 Å². The third-order valence-corrected chi connectivity index (χ3v) is 5.66. The van der Waals surface area contributed by atoms with Gasteiger partial charge in [-0.2, -0.15) is 18.3 Å². The lowest BCUT2D eigenvalue weighted by Gasteiger charge is -2.25. The highest BCUT2D eigenvalue weighted by Gasteiger charge is 2.34. The normalized spacial score (nSPS) is 15.6. The minimum atomic E-state index is -4.50. The van der Waals surface area contributed by atoms with Crippen molar-refractivity contribution in [1.82, 2.24) is 24.7 Å². The van der Waals surface area contributed by atoms with Gasteiger partial charge >= 0.3 is 6.18 Å². The molecule has 0 unspecified atom stereocenters. The van der Waals surface area contributed by atoms with E-state index < -0.39 is 11.9 Å². The Morgan fingerprint density at radius 1 is 1.15 bits per heavy atom. The Kier molecular flexibility index (Phi) is 3.59. The summed E-state index contributed by atoms with van der Waals surface area (Å²) >= 11 is 3.51. The van der Waals surface area contributed by atoms with E-state index in [1.54, 1.807) is 10.8 Å². The predicted molar refractivity (Wildman–Crippen MR) is 97.8 cm³/mol. The predicted octanol–water partition coefficient (Wildman–Crippen LogP) is 5.35. The first-order chi connectivity index (χ1) is 12.9. The van der Waals surface area contributed by atoms with Crippen LogP contribution in [0.5, 0.6) is 0 Å². The molecular formula is C18H13BrF3N5. The number of H-pyrrole nitrogens is 1. The van der Waals surface area contributed by atoms with Crippen LogP contribution in [-0.4, -0.2) is 24.7 Å². The minimum Gasteiger partial charge on any atom is -0.280 e. The van der Waals surface area contributed by atoms with Crippen molar-refractivity contribution in [3.63, 3.8) is 0 Å². The summed E-state index contributed by atoms with van der Waals surface area (Å²) < 4.78 is 42.2. The Morgan fingerprint density at radius 2 is 1.96 bits per heavy atom. The standard InChI is InChI=1S/C18H13BrF3N5/c19-12-7-11(6-10-8-23-26-15(10)12)27-16(9-2-1-3-9)24-13-4-5-14(18(20,21)22)25-17(13)27/h4-9H,1-3H2,(H,23,26). The second-order valence-electron chi connectivity index (χ2n) is 6.73. The first kappa shape index (κ1) is 16.7. The zero-order valence-electron chi connectivity index (χ0n) is 13.9. The summed E-state index contributed by atoms with van der Waals surface area (Å²) in [6.45, 7) is 0. The van der Waals surface area contributed by atoms with E-state index in [4.69, 9.17) is 0 Å². The number of halogens is 4. The van der Waals surface area contributed by atoms with Crippen LogP contribution in [-0.2, 0) is 6.18 Å². The number of rotatable bonds is 2. The van der Waals surface area contributed by atoms with Crippen LogP contribution in [0.15, 0.2) is 34.9 Å². The Morgan fingerprint density at radius 3 is 2.67 bits per heavy atom. The highest BCUT2D eigenvalue weighted by molar-refractivity contribution is 9.10. The molecule has 1 N–H and O–H groups in total. The average molecular weight is 436 g/mol. The molecule has 1 aliphatic carbocycles. The van der Waals surface area contributed by atoms with E-state index in [0.717, 1.165) is 46.5 Å². The van der Waals surface area contributed by atoms with Gasteiger partial charge in [0.25, 0.3) is 0 Å². The summed E-state index contributed by atoms with van der Waals surface area (Å²) in [5.41, 5.74) is 1.32. The molecule has 0 atom stereocenters. The molecule has 1 saturated carbocycles. The third kappa shape index (κ3) is 2.63. The molecule has 5 nitrogen and oxygen atoms in total. The number of aromatic nitrogens is 5. The van der Waals surface area contributed by atoms with E-state index >= 15 is 0 Å². The summed E-state index contributed by atoms with van der Waals surface area (Å²) in [6, 6.07) is 6.12. The number of hydrogen-bond donors (Lipinski definition) is 1. The van der Waals surface area contributed by atoms with Gasteiger partial charge in [0.1, 0.15) is 17.0 Å².